The number of halogens is 1. The number of hydrogen-bond donors (Lipinski definition) is 2. The zero-order valence-electron chi connectivity index (χ0n) is 14.6. The molecule has 0 saturated carbocycles. The number of terminal acetylenes is 2. The molecule has 0 rings (SSSR count). The lowest BCUT2D eigenvalue weighted by molar-refractivity contribution is -0.146. The smallest absolute Gasteiger partial charge is 0.302 e. The predicted molar refractivity (Wildman–Crippen MR) is 109 cm³/mol. The van der Waals surface area contributed by atoms with E-state index < -0.39 is 0 Å². The van der Waals surface area contributed by atoms with Gasteiger partial charge in [0.25, 0.3) is 0 Å². The molecule has 1 unspecified atom stereocenters. The monoisotopic (exact) mass is 371 g/mol. The van der Waals surface area contributed by atoms with Gasteiger partial charge in [0, 0.05) is 32.2 Å². The molecule has 3 N–H and O–H groups in total. The average molecular weight is 372 g/mol. The number of aliphatic hydroxyl groups excluding tert-OH is 1. The Hall–Kier alpha value is -1.72. The second kappa shape index (κ2) is 20.3. The van der Waals surface area contributed by atoms with E-state index in [4.69, 9.17) is 28.4 Å². The minimum absolute atomic E-state index is 0. The Balaban J connectivity index is -0.000000168. The maximum Gasteiger partial charge on any atom is 0.302 e. The summed E-state index contributed by atoms with van der Waals surface area (Å²) >= 11 is 0. The summed E-state index contributed by atoms with van der Waals surface area (Å²) in [4.78, 5) is 10.6. The molecule has 0 bridgehead atoms. The van der Waals surface area contributed by atoms with Crippen molar-refractivity contribution in [1.29, 1.82) is 0 Å². The van der Waals surface area contributed by atoms with Crippen LogP contribution in [0.3, 0.4) is 0 Å². The van der Waals surface area contributed by atoms with Gasteiger partial charge in [0.2, 0.25) is 0 Å². The molecule has 144 valence electrons. The normalized spacial score (nSPS) is 13.4. The quantitative estimate of drug-likeness (QED) is 0.369. The Bertz CT molecular complexity index is 437. The number of ether oxygens (including phenoxy) is 1. The van der Waals surface area contributed by atoms with Gasteiger partial charge >= 0.3 is 5.97 Å². The molecule has 0 heterocycles. The maximum atomic E-state index is 10.6. The van der Waals surface area contributed by atoms with Crippen LogP contribution in [0, 0.1) is 30.6 Å². The average Bonchev–Trinajstić information content (AvgIpc) is 2.47. The van der Waals surface area contributed by atoms with E-state index in [1.807, 2.05) is 13.0 Å². The van der Waals surface area contributed by atoms with Crippen LogP contribution in [0.25, 0.3) is 0 Å². The van der Waals surface area contributed by atoms with Crippen LogP contribution in [0.15, 0.2) is 25.3 Å². The highest BCUT2D eigenvalue weighted by Crippen LogP contribution is 2.08. The van der Waals surface area contributed by atoms with Gasteiger partial charge in [0.1, 0.15) is 6.10 Å². The molecule has 0 aromatic heterocycles. The number of carbonyl (C=O) groups excluding carboxylic acids is 1. The maximum absolute atomic E-state index is 10.6. The highest BCUT2D eigenvalue weighted by molar-refractivity contribution is 5.85. The highest BCUT2D eigenvalue weighted by atomic mass is 35.5. The molecule has 25 heavy (non-hydrogen) atoms. The molecular formula is C20H34ClNO3. The number of hydrogen-bond acceptors (Lipinski definition) is 4. The Kier molecular flexibility index (Phi) is 25.3. The summed E-state index contributed by atoms with van der Waals surface area (Å²) in [5, 5.41) is 9.16. The van der Waals surface area contributed by atoms with Gasteiger partial charge in [0.15, 0.2) is 0 Å². The van der Waals surface area contributed by atoms with Gasteiger partial charge < -0.3 is 15.6 Å². The Morgan fingerprint density at radius 1 is 1.24 bits per heavy atom. The van der Waals surface area contributed by atoms with Gasteiger partial charge in [0.05, 0.1) is 6.10 Å². The molecule has 0 spiro atoms. The van der Waals surface area contributed by atoms with Crippen molar-refractivity contribution < 1.29 is 14.6 Å². The Morgan fingerprint density at radius 3 is 2.12 bits per heavy atom. The van der Waals surface area contributed by atoms with Gasteiger partial charge in [-0.3, -0.25) is 4.79 Å². The Labute approximate surface area is 160 Å². The number of aliphatic hydroxyl groups is 1. The van der Waals surface area contributed by atoms with E-state index in [0.717, 1.165) is 0 Å². The first kappa shape index (κ1) is 31.1. The SMILES string of the molecule is C.C#CCC(O)C[C@H](C)C=C.C#CC[C@H](C[C@H](N)C=C)OC(C)=O.Cl. The fourth-order valence-electron chi connectivity index (χ4n) is 1.68. The van der Waals surface area contributed by atoms with E-state index in [1.165, 1.54) is 6.92 Å². The van der Waals surface area contributed by atoms with Crippen molar-refractivity contribution in [2.45, 2.75) is 65.2 Å². The highest BCUT2D eigenvalue weighted by Gasteiger charge is 2.13. The van der Waals surface area contributed by atoms with Crippen molar-refractivity contribution in [3.8, 4) is 24.7 Å². The molecule has 4 nitrogen and oxygen atoms in total. The summed E-state index contributed by atoms with van der Waals surface area (Å²) in [7, 11) is 0. The molecule has 0 fully saturated rings. The number of rotatable bonds is 9. The molecule has 0 saturated heterocycles. The van der Waals surface area contributed by atoms with Crippen LogP contribution in [0.1, 0.15) is 47.0 Å². The van der Waals surface area contributed by atoms with E-state index in [2.05, 4.69) is 25.0 Å². The fourth-order valence-corrected chi connectivity index (χ4v) is 1.68. The van der Waals surface area contributed by atoms with Gasteiger partial charge in [-0.2, -0.15) is 0 Å². The zero-order valence-corrected chi connectivity index (χ0v) is 15.4. The lowest BCUT2D eigenvalue weighted by Crippen LogP contribution is -2.26. The summed E-state index contributed by atoms with van der Waals surface area (Å²) in [6.07, 6.45) is 15.0. The van der Waals surface area contributed by atoms with E-state index >= 15 is 0 Å². The summed E-state index contributed by atoms with van der Waals surface area (Å²) in [6.45, 7) is 10.5. The number of esters is 1. The van der Waals surface area contributed by atoms with Crippen molar-refractivity contribution in [2.75, 3.05) is 0 Å². The van der Waals surface area contributed by atoms with Crippen LogP contribution >= 0.6 is 12.4 Å². The second-order valence-electron chi connectivity index (χ2n) is 5.29. The Morgan fingerprint density at radius 2 is 1.76 bits per heavy atom. The van der Waals surface area contributed by atoms with E-state index in [9.17, 15) is 4.79 Å². The first-order valence-corrected chi connectivity index (χ1v) is 7.53. The van der Waals surface area contributed by atoms with Crippen molar-refractivity contribution >= 4 is 18.4 Å². The lowest BCUT2D eigenvalue weighted by Gasteiger charge is -2.16. The van der Waals surface area contributed by atoms with Crippen LogP contribution in [0.2, 0.25) is 0 Å². The largest absolute Gasteiger partial charge is 0.461 e. The van der Waals surface area contributed by atoms with Crippen LogP contribution < -0.4 is 5.73 Å². The molecule has 0 radical (unpaired) electrons. The third-order valence-corrected chi connectivity index (χ3v) is 2.92. The molecule has 0 amide bonds. The summed E-state index contributed by atoms with van der Waals surface area (Å²) in [5.74, 6) is 4.86. The minimum atomic E-state index is -0.363. The summed E-state index contributed by atoms with van der Waals surface area (Å²) in [6, 6.07) is -0.183. The topological polar surface area (TPSA) is 72.6 Å². The third kappa shape index (κ3) is 22.3. The first-order valence-electron chi connectivity index (χ1n) is 7.53. The minimum Gasteiger partial charge on any atom is -0.461 e. The van der Waals surface area contributed by atoms with Crippen LogP contribution in [-0.2, 0) is 9.53 Å². The van der Waals surface area contributed by atoms with Crippen molar-refractivity contribution in [1.82, 2.24) is 0 Å². The molecule has 0 aromatic rings. The molecule has 0 aliphatic heterocycles. The molecule has 5 heteroatoms. The van der Waals surface area contributed by atoms with Crippen molar-refractivity contribution in [2.24, 2.45) is 11.7 Å². The number of nitrogens with two attached hydrogens (primary N) is 1. The zero-order chi connectivity index (χ0) is 18.3. The lowest BCUT2D eigenvalue weighted by atomic mass is 10.0. The van der Waals surface area contributed by atoms with Crippen molar-refractivity contribution in [3.63, 3.8) is 0 Å². The van der Waals surface area contributed by atoms with Crippen LogP contribution in [0.5, 0.6) is 0 Å². The summed E-state index contributed by atoms with van der Waals surface area (Å²) < 4.78 is 4.95. The fraction of sp³-hybridized carbons (Fsp3) is 0.550. The summed E-state index contributed by atoms with van der Waals surface area (Å²) in [5.41, 5.74) is 5.60. The van der Waals surface area contributed by atoms with E-state index in [1.54, 1.807) is 6.08 Å². The molecular weight excluding hydrogens is 338 g/mol. The van der Waals surface area contributed by atoms with Crippen molar-refractivity contribution in [3.05, 3.63) is 25.3 Å². The number of allylic oxidation sites excluding steroid dienone is 1. The van der Waals surface area contributed by atoms with Gasteiger partial charge in [-0.1, -0.05) is 26.5 Å². The molecule has 0 aliphatic carbocycles. The van der Waals surface area contributed by atoms with Crippen LogP contribution in [0.4, 0.5) is 0 Å². The third-order valence-electron chi connectivity index (χ3n) is 2.92. The number of carbonyl (C=O) groups is 1. The molecule has 4 atom stereocenters. The molecule has 0 aromatic carbocycles. The van der Waals surface area contributed by atoms with Crippen LogP contribution in [-0.4, -0.2) is 29.3 Å². The van der Waals surface area contributed by atoms with E-state index in [-0.39, 0.29) is 44.1 Å². The standard InChI is InChI=1S/C10H15NO2.C9H14O.CH4.ClH/c1-4-6-10(13-8(3)12)7-9(11)5-2;1-4-6-9(10)7-8(3)5-2;;/h1,5,9-10H,2,6-7,11H2,3H3;1,5,8-10H,2,6-7H2,3H3;1H4;1H/t9-,10-;8-,9?;;/m11../s1. The van der Waals surface area contributed by atoms with E-state index in [0.29, 0.717) is 31.6 Å². The molecule has 0 aliphatic rings. The van der Waals surface area contributed by atoms with Gasteiger partial charge in [-0.25, -0.2) is 0 Å². The predicted octanol–water partition coefficient (Wildman–Crippen LogP) is 3.49. The second-order valence-corrected chi connectivity index (χ2v) is 5.29. The van der Waals surface area contributed by atoms with Gasteiger partial charge in [-0.15, -0.1) is 50.3 Å². The first-order chi connectivity index (χ1) is 10.8. The van der Waals surface area contributed by atoms with Gasteiger partial charge in [-0.05, 0) is 12.3 Å².